The highest BCUT2D eigenvalue weighted by Crippen LogP contribution is 2.34. The predicted molar refractivity (Wildman–Crippen MR) is 48.4 cm³/mol. The van der Waals surface area contributed by atoms with Gasteiger partial charge in [-0.05, 0) is 44.3 Å². The molecule has 0 aromatic rings. The summed E-state index contributed by atoms with van der Waals surface area (Å²) in [6.07, 6.45) is 8.47. The van der Waals surface area contributed by atoms with Crippen LogP contribution in [-0.4, -0.2) is 0 Å². The maximum absolute atomic E-state index is 2.37. The number of rotatable bonds is 0. The Morgan fingerprint density at radius 2 is 1.64 bits per heavy atom. The van der Waals surface area contributed by atoms with Gasteiger partial charge in [0.2, 0.25) is 0 Å². The van der Waals surface area contributed by atoms with Crippen LogP contribution in [0, 0.1) is 0 Å². The Kier molecular flexibility index (Phi) is 1.49. The van der Waals surface area contributed by atoms with E-state index in [2.05, 4.69) is 26.0 Å². The summed E-state index contributed by atoms with van der Waals surface area (Å²) in [5.41, 5.74) is 6.24. The molecule has 0 bridgehead atoms. The third kappa shape index (κ3) is 1.18. The molecular formula is C11H14. The summed E-state index contributed by atoms with van der Waals surface area (Å²) in [6.45, 7) is 4.46. The second-order valence-electron chi connectivity index (χ2n) is 3.71. The first-order chi connectivity index (χ1) is 5.25. The van der Waals surface area contributed by atoms with Gasteiger partial charge in [0.05, 0.1) is 0 Å². The van der Waals surface area contributed by atoms with Crippen LogP contribution < -0.4 is 0 Å². The van der Waals surface area contributed by atoms with Gasteiger partial charge in [-0.1, -0.05) is 23.3 Å². The molecule has 0 aromatic heterocycles. The summed E-state index contributed by atoms with van der Waals surface area (Å²) >= 11 is 0. The van der Waals surface area contributed by atoms with Crippen molar-refractivity contribution in [1.82, 2.24) is 0 Å². The van der Waals surface area contributed by atoms with Gasteiger partial charge in [0.25, 0.3) is 0 Å². The molecule has 0 aliphatic heterocycles. The molecular weight excluding hydrogens is 132 g/mol. The highest BCUT2D eigenvalue weighted by atomic mass is 14.2. The molecule has 2 aliphatic rings. The van der Waals surface area contributed by atoms with Gasteiger partial charge < -0.3 is 0 Å². The first kappa shape index (κ1) is 6.90. The first-order valence-electron chi connectivity index (χ1n) is 4.32. The van der Waals surface area contributed by atoms with Crippen molar-refractivity contribution < 1.29 is 0 Å². The average Bonchev–Trinajstić information content (AvgIpc) is 2.27. The Morgan fingerprint density at radius 1 is 0.909 bits per heavy atom. The molecule has 0 radical (unpaired) electrons. The predicted octanol–water partition coefficient (Wildman–Crippen LogP) is 3.37. The minimum absolute atomic E-state index is 1.20. The molecule has 0 atom stereocenters. The van der Waals surface area contributed by atoms with Crippen LogP contribution in [0.1, 0.15) is 33.1 Å². The van der Waals surface area contributed by atoms with Gasteiger partial charge in [0.15, 0.2) is 0 Å². The van der Waals surface area contributed by atoms with Crippen LogP contribution in [0.4, 0.5) is 0 Å². The van der Waals surface area contributed by atoms with E-state index in [0.717, 1.165) is 0 Å². The molecule has 0 heterocycles. The molecule has 2 aliphatic carbocycles. The number of hydrogen-bond acceptors (Lipinski definition) is 0. The smallest absolute Gasteiger partial charge is 0.00639 e. The Balaban J connectivity index is 2.31. The molecule has 0 nitrogen and oxygen atoms in total. The van der Waals surface area contributed by atoms with Crippen molar-refractivity contribution >= 4 is 0 Å². The van der Waals surface area contributed by atoms with E-state index >= 15 is 0 Å². The SMILES string of the molecule is CC1=CC2=C(C=C(C)C2)CC1. The Morgan fingerprint density at radius 3 is 2.45 bits per heavy atom. The van der Waals surface area contributed by atoms with Crippen molar-refractivity contribution in [3.05, 3.63) is 34.4 Å². The van der Waals surface area contributed by atoms with E-state index in [9.17, 15) is 0 Å². The fourth-order valence-corrected chi connectivity index (χ4v) is 1.93. The summed E-state index contributed by atoms with van der Waals surface area (Å²) < 4.78 is 0. The number of hydrogen-bond donors (Lipinski definition) is 0. The fraction of sp³-hybridized carbons (Fsp3) is 0.455. The summed E-state index contributed by atoms with van der Waals surface area (Å²) in [6, 6.07) is 0. The van der Waals surface area contributed by atoms with Crippen molar-refractivity contribution in [3.8, 4) is 0 Å². The van der Waals surface area contributed by atoms with Gasteiger partial charge >= 0.3 is 0 Å². The Hall–Kier alpha value is -0.780. The third-order valence-corrected chi connectivity index (χ3v) is 2.51. The van der Waals surface area contributed by atoms with E-state index in [0.29, 0.717) is 0 Å². The third-order valence-electron chi connectivity index (χ3n) is 2.51. The van der Waals surface area contributed by atoms with Crippen LogP contribution in [0.15, 0.2) is 34.4 Å². The van der Waals surface area contributed by atoms with Gasteiger partial charge in [-0.15, -0.1) is 0 Å². The largest absolute Gasteiger partial charge is 0.0727 e. The van der Waals surface area contributed by atoms with Crippen LogP contribution in [-0.2, 0) is 0 Å². The van der Waals surface area contributed by atoms with E-state index in [1.807, 2.05) is 0 Å². The highest BCUT2D eigenvalue weighted by Gasteiger charge is 2.14. The van der Waals surface area contributed by atoms with Gasteiger partial charge in [-0.3, -0.25) is 0 Å². The monoisotopic (exact) mass is 146 g/mol. The van der Waals surface area contributed by atoms with E-state index in [-0.39, 0.29) is 0 Å². The fourth-order valence-electron chi connectivity index (χ4n) is 1.93. The maximum atomic E-state index is 2.37. The van der Waals surface area contributed by atoms with Crippen LogP contribution >= 0.6 is 0 Å². The Bertz CT molecular complexity index is 274. The molecule has 0 aromatic carbocycles. The topological polar surface area (TPSA) is 0 Å². The van der Waals surface area contributed by atoms with E-state index < -0.39 is 0 Å². The zero-order valence-electron chi connectivity index (χ0n) is 7.28. The summed E-state index contributed by atoms with van der Waals surface area (Å²) in [4.78, 5) is 0. The van der Waals surface area contributed by atoms with Gasteiger partial charge in [-0.2, -0.15) is 0 Å². The van der Waals surface area contributed by atoms with Gasteiger partial charge in [0.1, 0.15) is 0 Å². The van der Waals surface area contributed by atoms with Crippen molar-refractivity contribution in [2.45, 2.75) is 33.1 Å². The number of allylic oxidation sites excluding steroid dienone is 6. The molecule has 0 fully saturated rings. The summed E-state index contributed by atoms with van der Waals surface area (Å²) in [7, 11) is 0. The molecule has 0 amide bonds. The zero-order chi connectivity index (χ0) is 7.84. The average molecular weight is 146 g/mol. The minimum atomic E-state index is 1.20. The van der Waals surface area contributed by atoms with Crippen molar-refractivity contribution in [3.63, 3.8) is 0 Å². The lowest BCUT2D eigenvalue weighted by Gasteiger charge is -2.11. The van der Waals surface area contributed by atoms with Crippen LogP contribution in [0.25, 0.3) is 0 Å². The standard InChI is InChI=1S/C11H14/c1-8-3-4-10-6-9(2)7-11(10)5-8/h5-6H,3-4,7H2,1-2H3. The quantitative estimate of drug-likeness (QED) is 0.491. The first-order valence-corrected chi connectivity index (χ1v) is 4.32. The lowest BCUT2D eigenvalue weighted by molar-refractivity contribution is 0.911. The normalized spacial score (nSPS) is 23.1. The molecule has 0 N–H and O–H groups in total. The molecule has 0 saturated heterocycles. The van der Waals surface area contributed by atoms with Crippen LogP contribution in [0.2, 0.25) is 0 Å². The van der Waals surface area contributed by atoms with Crippen LogP contribution in [0.3, 0.4) is 0 Å². The van der Waals surface area contributed by atoms with Crippen LogP contribution in [0.5, 0.6) is 0 Å². The second kappa shape index (κ2) is 2.37. The summed E-state index contributed by atoms with van der Waals surface area (Å²) in [5, 5.41) is 0. The lowest BCUT2D eigenvalue weighted by atomic mass is 9.95. The van der Waals surface area contributed by atoms with E-state index in [4.69, 9.17) is 0 Å². The molecule has 11 heavy (non-hydrogen) atoms. The summed E-state index contributed by atoms with van der Waals surface area (Å²) in [5.74, 6) is 0. The molecule has 0 heteroatoms. The maximum Gasteiger partial charge on any atom is -0.00639 e. The van der Waals surface area contributed by atoms with Crippen molar-refractivity contribution in [1.29, 1.82) is 0 Å². The highest BCUT2D eigenvalue weighted by molar-refractivity contribution is 5.47. The molecule has 0 spiro atoms. The second-order valence-corrected chi connectivity index (χ2v) is 3.71. The minimum Gasteiger partial charge on any atom is -0.0727 e. The Labute approximate surface area is 68.3 Å². The molecule has 0 unspecified atom stereocenters. The van der Waals surface area contributed by atoms with E-state index in [1.54, 1.807) is 16.7 Å². The lowest BCUT2D eigenvalue weighted by Crippen LogP contribution is -1.91. The van der Waals surface area contributed by atoms with Crippen molar-refractivity contribution in [2.24, 2.45) is 0 Å². The molecule has 0 saturated carbocycles. The van der Waals surface area contributed by atoms with E-state index in [1.165, 1.54) is 24.8 Å². The van der Waals surface area contributed by atoms with Gasteiger partial charge in [0, 0.05) is 0 Å². The zero-order valence-corrected chi connectivity index (χ0v) is 7.28. The molecule has 58 valence electrons. The molecule has 2 rings (SSSR count). The van der Waals surface area contributed by atoms with Crippen molar-refractivity contribution in [2.75, 3.05) is 0 Å². The van der Waals surface area contributed by atoms with Gasteiger partial charge in [-0.25, -0.2) is 0 Å².